The molecule has 0 aliphatic carbocycles. The molecule has 0 aliphatic heterocycles. The predicted octanol–water partition coefficient (Wildman–Crippen LogP) is 1.53. The molecule has 15 heavy (non-hydrogen) atoms. The zero-order valence-electron chi connectivity index (χ0n) is 9.60. The molecule has 1 heterocycles. The van der Waals surface area contributed by atoms with Crippen molar-refractivity contribution < 1.29 is 4.74 Å². The van der Waals surface area contributed by atoms with Crippen molar-refractivity contribution in [2.75, 3.05) is 30.8 Å². The third kappa shape index (κ3) is 4.16. The molecule has 0 fully saturated rings. The quantitative estimate of drug-likeness (QED) is 0.799. The fourth-order valence-corrected chi connectivity index (χ4v) is 1.18. The van der Waals surface area contributed by atoms with Crippen LogP contribution in [0.2, 0.25) is 0 Å². The standard InChI is InChI=1S/C11H19N3O/c1-9(2)15-7-6-14(3)11-8-10(12)4-5-13-11/h4-5,8-9H,6-7H2,1-3H3,(H2,12,13). The van der Waals surface area contributed by atoms with Crippen LogP contribution in [0.25, 0.3) is 0 Å². The minimum absolute atomic E-state index is 0.271. The molecule has 4 heteroatoms. The number of pyridine rings is 1. The second-order valence-electron chi connectivity index (χ2n) is 3.79. The second kappa shape index (κ2) is 5.56. The first-order chi connectivity index (χ1) is 7.09. The Kier molecular flexibility index (Phi) is 4.37. The van der Waals surface area contributed by atoms with E-state index in [0.717, 1.165) is 18.1 Å². The molecular formula is C11H19N3O. The molecule has 0 saturated heterocycles. The molecule has 1 aromatic heterocycles. The van der Waals surface area contributed by atoms with Gasteiger partial charge in [0.25, 0.3) is 0 Å². The Labute approximate surface area is 91.1 Å². The van der Waals surface area contributed by atoms with Crippen LogP contribution in [0, 0.1) is 0 Å². The smallest absolute Gasteiger partial charge is 0.130 e. The van der Waals surface area contributed by atoms with Gasteiger partial charge in [-0.1, -0.05) is 0 Å². The van der Waals surface area contributed by atoms with Crippen molar-refractivity contribution in [1.82, 2.24) is 4.98 Å². The molecule has 84 valence electrons. The van der Waals surface area contributed by atoms with Crippen molar-refractivity contribution in [3.05, 3.63) is 18.3 Å². The van der Waals surface area contributed by atoms with Crippen LogP contribution in [0.3, 0.4) is 0 Å². The number of likely N-dealkylation sites (N-methyl/N-ethyl adjacent to an activating group) is 1. The van der Waals surface area contributed by atoms with Gasteiger partial charge in [0.05, 0.1) is 12.7 Å². The van der Waals surface area contributed by atoms with Crippen LogP contribution in [0.15, 0.2) is 18.3 Å². The van der Waals surface area contributed by atoms with Gasteiger partial charge in [-0.3, -0.25) is 0 Å². The van der Waals surface area contributed by atoms with E-state index in [1.165, 1.54) is 0 Å². The highest BCUT2D eigenvalue weighted by atomic mass is 16.5. The fourth-order valence-electron chi connectivity index (χ4n) is 1.18. The van der Waals surface area contributed by atoms with Crippen molar-refractivity contribution in [3.63, 3.8) is 0 Å². The zero-order chi connectivity index (χ0) is 11.3. The lowest BCUT2D eigenvalue weighted by molar-refractivity contribution is 0.0845. The Morgan fingerprint density at radius 3 is 2.87 bits per heavy atom. The van der Waals surface area contributed by atoms with Crippen LogP contribution in [0.1, 0.15) is 13.8 Å². The van der Waals surface area contributed by atoms with Crippen LogP contribution in [-0.2, 0) is 4.74 Å². The molecule has 1 rings (SSSR count). The molecule has 0 atom stereocenters. The average molecular weight is 209 g/mol. The summed E-state index contributed by atoms with van der Waals surface area (Å²) in [6.45, 7) is 5.57. The average Bonchev–Trinajstić information content (AvgIpc) is 2.17. The van der Waals surface area contributed by atoms with E-state index in [1.807, 2.05) is 31.9 Å². The summed E-state index contributed by atoms with van der Waals surface area (Å²) < 4.78 is 5.46. The number of rotatable bonds is 5. The molecule has 0 amide bonds. The van der Waals surface area contributed by atoms with Crippen LogP contribution in [-0.4, -0.2) is 31.3 Å². The van der Waals surface area contributed by atoms with E-state index >= 15 is 0 Å². The summed E-state index contributed by atoms with van der Waals surface area (Å²) in [5.74, 6) is 0.877. The van der Waals surface area contributed by atoms with Gasteiger partial charge in [-0.05, 0) is 19.9 Å². The minimum Gasteiger partial charge on any atom is -0.399 e. The van der Waals surface area contributed by atoms with E-state index in [1.54, 1.807) is 12.3 Å². The van der Waals surface area contributed by atoms with E-state index in [2.05, 4.69) is 4.98 Å². The highest BCUT2D eigenvalue weighted by Gasteiger charge is 2.02. The van der Waals surface area contributed by atoms with Gasteiger partial charge in [-0.25, -0.2) is 4.98 Å². The van der Waals surface area contributed by atoms with E-state index in [9.17, 15) is 0 Å². The van der Waals surface area contributed by atoms with Crippen molar-refractivity contribution in [1.29, 1.82) is 0 Å². The van der Waals surface area contributed by atoms with Gasteiger partial charge in [-0.15, -0.1) is 0 Å². The number of nitrogen functional groups attached to an aromatic ring is 1. The van der Waals surface area contributed by atoms with E-state index in [4.69, 9.17) is 10.5 Å². The van der Waals surface area contributed by atoms with Crippen LogP contribution in [0.5, 0.6) is 0 Å². The summed E-state index contributed by atoms with van der Waals surface area (Å²) in [4.78, 5) is 6.25. The SMILES string of the molecule is CC(C)OCCN(C)c1cc(N)ccn1. The number of hydrogen-bond acceptors (Lipinski definition) is 4. The molecule has 0 unspecified atom stereocenters. The lowest BCUT2D eigenvalue weighted by Crippen LogP contribution is -2.24. The Hall–Kier alpha value is -1.29. The maximum absolute atomic E-state index is 5.68. The maximum Gasteiger partial charge on any atom is 0.130 e. The summed E-state index contributed by atoms with van der Waals surface area (Å²) in [6.07, 6.45) is 1.98. The van der Waals surface area contributed by atoms with Crippen LogP contribution >= 0.6 is 0 Å². The number of hydrogen-bond donors (Lipinski definition) is 1. The van der Waals surface area contributed by atoms with Gasteiger partial charge in [0.1, 0.15) is 5.82 Å². The molecule has 0 aromatic carbocycles. The first-order valence-electron chi connectivity index (χ1n) is 5.14. The molecule has 1 aromatic rings. The minimum atomic E-state index is 0.271. The summed E-state index contributed by atoms with van der Waals surface area (Å²) in [7, 11) is 1.98. The largest absolute Gasteiger partial charge is 0.399 e. The van der Waals surface area contributed by atoms with Crippen LogP contribution in [0.4, 0.5) is 11.5 Å². The molecule has 0 saturated carbocycles. The topological polar surface area (TPSA) is 51.4 Å². The number of ether oxygens (including phenoxy) is 1. The Balaban J connectivity index is 2.43. The van der Waals surface area contributed by atoms with Gasteiger partial charge in [0.2, 0.25) is 0 Å². The van der Waals surface area contributed by atoms with Crippen LogP contribution < -0.4 is 10.6 Å². The summed E-state index contributed by atoms with van der Waals surface area (Å²) in [5.41, 5.74) is 6.41. The molecule has 0 radical (unpaired) electrons. The molecule has 4 nitrogen and oxygen atoms in total. The first-order valence-corrected chi connectivity index (χ1v) is 5.14. The predicted molar refractivity (Wildman–Crippen MR) is 63.0 cm³/mol. The molecular weight excluding hydrogens is 190 g/mol. The summed E-state index contributed by atoms with van der Waals surface area (Å²) in [6, 6.07) is 3.64. The lowest BCUT2D eigenvalue weighted by atomic mass is 10.4. The van der Waals surface area contributed by atoms with Gasteiger partial charge < -0.3 is 15.4 Å². The monoisotopic (exact) mass is 209 g/mol. The van der Waals surface area contributed by atoms with Gasteiger partial charge in [0, 0.05) is 31.5 Å². The summed E-state index contributed by atoms with van der Waals surface area (Å²) in [5, 5.41) is 0. The normalized spacial score (nSPS) is 10.7. The third-order valence-electron chi connectivity index (χ3n) is 2.04. The van der Waals surface area contributed by atoms with E-state index in [0.29, 0.717) is 6.61 Å². The number of nitrogens with two attached hydrogens (primary N) is 1. The number of anilines is 2. The van der Waals surface area contributed by atoms with Gasteiger partial charge >= 0.3 is 0 Å². The maximum atomic E-state index is 5.68. The van der Waals surface area contributed by atoms with E-state index in [-0.39, 0.29) is 6.10 Å². The first kappa shape index (κ1) is 11.8. The Morgan fingerprint density at radius 1 is 1.53 bits per heavy atom. The van der Waals surface area contributed by atoms with Crippen molar-refractivity contribution in [2.45, 2.75) is 20.0 Å². The third-order valence-corrected chi connectivity index (χ3v) is 2.04. The summed E-state index contributed by atoms with van der Waals surface area (Å²) >= 11 is 0. The highest BCUT2D eigenvalue weighted by Crippen LogP contribution is 2.11. The number of nitrogens with zero attached hydrogens (tertiary/aromatic N) is 2. The van der Waals surface area contributed by atoms with Crippen molar-refractivity contribution in [2.24, 2.45) is 0 Å². The molecule has 0 spiro atoms. The lowest BCUT2D eigenvalue weighted by Gasteiger charge is -2.19. The Morgan fingerprint density at radius 2 is 2.27 bits per heavy atom. The van der Waals surface area contributed by atoms with Gasteiger partial charge in [-0.2, -0.15) is 0 Å². The van der Waals surface area contributed by atoms with Gasteiger partial charge in [0.15, 0.2) is 0 Å². The Bertz CT molecular complexity index is 302. The zero-order valence-corrected chi connectivity index (χ0v) is 9.60. The van der Waals surface area contributed by atoms with Crippen molar-refractivity contribution in [3.8, 4) is 0 Å². The van der Waals surface area contributed by atoms with Crippen molar-refractivity contribution >= 4 is 11.5 Å². The number of aromatic nitrogens is 1. The second-order valence-corrected chi connectivity index (χ2v) is 3.79. The fraction of sp³-hybridized carbons (Fsp3) is 0.545. The molecule has 0 bridgehead atoms. The molecule has 0 aliphatic rings. The molecule has 2 N–H and O–H groups in total. The highest BCUT2D eigenvalue weighted by molar-refractivity contribution is 5.49. The van der Waals surface area contributed by atoms with E-state index < -0.39 is 0 Å².